The van der Waals surface area contributed by atoms with Crippen LogP contribution in [0.1, 0.15) is 74.7 Å². The highest BCUT2D eigenvalue weighted by atomic mass is 35.5. The summed E-state index contributed by atoms with van der Waals surface area (Å²) in [6.45, 7) is 5.72. The van der Waals surface area contributed by atoms with Gasteiger partial charge in [0.1, 0.15) is 16.1 Å². The van der Waals surface area contributed by atoms with Gasteiger partial charge in [0.15, 0.2) is 34.7 Å². The van der Waals surface area contributed by atoms with Crippen molar-refractivity contribution in [2.45, 2.75) is 51.7 Å². The van der Waals surface area contributed by atoms with Crippen molar-refractivity contribution in [3.8, 4) is 17.2 Å². The number of hydrogen-bond acceptors (Lipinski definition) is 17. The Kier molecular flexibility index (Phi) is 17.9. The summed E-state index contributed by atoms with van der Waals surface area (Å²) in [5.41, 5.74) is 17.5. The van der Waals surface area contributed by atoms with E-state index < -0.39 is 0 Å². The molecule has 6 aromatic rings. The number of methoxy groups -OCH3 is 3. The minimum atomic E-state index is -0.130. The molecule has 0 atom stereocenters. The van der Waals surface area contributed by atoms with E-state index in [0.29, 0.717) is 110 Å². The predicted molar refractivity (Wildman–Crippen MR) is 287 cm³/mol. The van der Waals surface area contributed by atoms with Crippen LogP contribution < -0.4 is 36.3 Å². The summed E-state index contributed by atoms with van der Waals surface area (Å²) in [6.07, 6.45) is 9.27. The number of nitrogens with zero attached hydrogens (tertiary/aromatic N) is 9. The summed E-state index contributed by atoms with van der Waals surface area (Å²) < 4.78 is 15.5. The fraction of sp³-hybridized carbons (Fsp3) is 0.308. The number of pyridine rings is 6. The van der Waals surface area contributed by atoms with Crippen LogP contribution in [0.25, 0.3) is 5.70 Å². The first kappa shape index (κ1) is 55.0. The maximum absolute atomic E-state index is 12.5. The molecule has 6 N–H and O–H groups in total. The highest BCUT2D eigenvalue weighted by Gasteiger charge is 2.34. The van der Waals surface area contributed by atoms with Crippen molar-refractivity contribution >= 4 is 92.8 Å². The molecular formula is C52H56Cl3N13O7. The Labute approximate surface area is 448 Å². The first-order valence-electron chi connectivity index (χ1n) is 23.5. The second-order valence-corrected chi connectivity index (χ2v) is 18.9. The number of aromatic nitrogens is 6. The molecule has 0 unspecified atom stereocenters. The fourth-order valence-electron chi connectivity index (χ4n) is 7.88. The van der Waals surface area contributed by atoms with Gasteiger partial charge in [-0.1, -0.05) is 41.4 Å². The molecule has 6 aromatic heterocycles. The van der Waals surface area contributed by atoms with E-state index in [9.17, 15) is 19.2 Å². The number of nitrogens with one attached hydrogen (secondary N) is 2. The Morgan fingerprint density at radius 1 is 0.653 bits per heavy atom. The van der Waals surface area contributed by atoms with Gasteiger partial charge in [0, 0.05) is 69.3 Å². The standard InChI is InChI=1S/C19H20N4O3.C15H15ClN4O.C8H6Cl2N2O.C6H8N2O.C4H7NO/c1-23-10-14-17(19(23)25)13(22-18-16(26-2)4-3-7-20-18)8-12(21-14)9-15(24)11-5-6-11;1-9-14-10(7-13(16)18-11(14)8-20(9)2)19-15-12(21-3)5-4-6-17-15;1-12-3-5-7(8(12)13)4(9)2-6(10)11-5;1-9-5-3-2-4-8-6(5)7;5-4(6)3-1-2-3/h3-4,7-8,11H,5-6,9-10H2,1-2H3,(H,20,21,22);4-7H,1,8H2,2-3H3,(H,17,18,19);2H,3H2,1H3;2-4H,1H3,(H2,7,8);3H,1-2H2,(H2,5,6). The Balaban J connectivity index is 0.000000149. The molecule has 11 rings (SSSR count). The van der Waals surface area contributed by atoms with Crippen molar-refractivity contribution in [3.05, 3.63) is 135 Å². The molecule has 2 aliphatic carbocycles. The second kappa shape index (κ2) is 24.5. The van der Waals surface area contributed by atoms with Crippen molar-refractivity contribution < 1.29 is 33.4 Å². The third kappa shape index (κ3) is 13.7. The summed E-state index contributed by atoms with van der Waals surface area (Å²) >= 11 is 17.7. The van der Waals surface area contributed by atoms with Gasteiger partial charge in [-0.25, -0.2) is 24.9 Å². The van der Waals surface area contributed by atoms with E-state index in [-0.39, 0.29) is 35.3 Å². The third-order valence-corrected chi connectivity index (χ3v) is 12.8. The minimum Gasteiger partial charge on any atom is -0.493 e. The SMILES string of the molecule is C=C1c2c(Nc3ncccc3OC)cc(Cl)nc2CN1C.CN1Cc2nc(Cl)cc(Cl)c2C1=O.COc1cccnc1N.COc1cccnc1Nc1cc(CC(=O)C2CC2)nc2c1C(=O)N(C)C2.NC(=O)C1CC1. The van der Waals surface area contributed by atoms with E-state index >= 15 is 0 Å². The number of halogens is 3. The zero-order valence-corrected chi connectivity index (χ0v) is 44.4. The first-order chi connectivity index (χ1) is 35.9. The monoisotopic (exact) mass is 1080 g/mol. The molecule has 392 valence electrons. The van der Waals surface area contributed by atoms with Crippen LogP contribution in [0, 0.1) is 11.8 Å². The Hall–Kier alpha value is -7.81. The summed E-state index contributed by atoms with van der Waals surface area (Å²) in [5.74, 6) is 3.77. The molecule has 20 nitrogen and oxygen atoms in total. The van der Waals surface area contributed by atoms with Crippen molar-refractivity contribution in [1.29, 1.82) is 0 Å². The number of carbonyl (C=O) groups excluding carboxylic acids is 4. The van der Waals surface area contributed by atoms with Gasteiger partial charge >= 0.3 is 0 Å². The molecule has 2 fully saturated rings. The molecule has 0 saturated heterocycles. The van der Waals surface area contributed by atoms with Crippen LogP contribution in [-0.2, 0) is 35.6 Å². The number of ether oxygens (including phenoxy) is 3. The maximum atomic E-state index is 12.5. The number of Topliss-reactive ketones (excluding diaryl/α,β-unsaturated/α-hetero) is 1. The smallest absolute Gasteiger partial charge is 0.257 e. The number of carbonyl (C=O) groups is 4. The lowest BCUT2D eigenvalue weighted by Crippen LogP contribution is -2.18. The van der Waals surface area contributed by atoms with Gasteiger partial charge in [-0.2, -0.15) is 0 Å². The number of anilines is 5. The number of amides is 3. The molecule has 23 heteroatoms. The van der Waals surface area contributed by atoms with Crippen LogP contribution in [-0.4, -0.2) is 111 Å². The van der Waals surface area contributed by atoms with E-state index in [4.69, 9.17) is 60.5 Å². The Bertz CT molecular complexity index is 3140. The first-order valence-corrected chi connectivity index (χ1v) is 24.6. The largest absolute Gasteiger partial charge is 0.493 e. The van der Waals surface area contributed by atoms with Gasteiger partial charge in [-0.3, -0.25) is 24.2 Å². The van der Waals surface area contributed by atoms with Crippen molar-refractivity contribution in [2.24, 2.45) is 17.6 Å². The number of nitrogens with two attached hydrogens (primary N) is 2. The fourth-order valence-corrected chi connectivity index (χ4v) is 8.65. The zero-order valence-electron chi connectivity index (χ0n) is 42.1. The number of rotatable bonds is 11. The molecule has 2 saturated carbocycles. The van der Waals surface area contributed by atoms with Gasteiger partial charge in [-0.15, -0.1) is 0 Å². The molecule has 5 aliphatic rings. The van der Waals surface area contributed by atoms with Crippen LogP contribution >= 0.6 is 34.8 Å². The van der Waals surface area contributed by atoms with E-state index in [1.54, 1.807) is 100 Å². The third-order valence-electron chi connectivity index (χ3n) is 12.1. The lowest BCUT2D eigenvalue weighted by Gasteiger charge is -2.15. The van der Waals surface area contributed by atoms with Gasteiger partial charge in [0.05, 0.1) is 91.3 Å². The van der Waals surface area contributed by atoms with Crippen LogP contribution in [0.5, 0.6) is 17.2 Å². The summed E-state index contributed by atoms with van der Waals surface area (Å²) in [4.78, 5) is 76.8. The number of nitrogen functional groups attached to an aromatic ring is 1. The maximum Gasteiger partial charge on any atom is 0.257 e. The molecular weight excluding hydrogens is 1030 g/mol. The Morgan fingerprint density at radius 2 is 1.12 bits per heavy atom. The Morgan fingerprint density at radius 3 is 1.61 bits per heavy atom. The average Bonchev–Trinajstić information content (AvgIpc) is 4.33. The number of hydrogen-bond donors (Lipinski definition) is 4. The predicted octanol–water partition coefficient (Wildman–Crippen LogP) is 8.16. The van der Waals surface area contributed by atoms with Gasteiger partial charge in [-0.05, 0) is 80.3 Å². The molecule has 0 spiro atoms. The normalized spacial score (nSPS) is 14.5. The topological polar surface area (TPSA) is 259 Å². The van der Waals surface area contributed by atoms with E-state index in [1.807, 2.05) is 24.1 Å². The summed E-state index contributed by atoms with van der Waals surface area (Å²) in [6, 6.07) is 15.8. The highest BCUT2D eigenvalue weighted by molar-refractivity contribution is 6.36. The van der Waals surface area contributed by atoms with Crippen LogP contribution in [0.4, 0.5) is 28.8 Å². The average molecular weight is 1080 g/mol. The molecule has 3 amide bonds. The highest BCUT2D eigenvalue weighted by Crippen LogP contribution is 2.39. The molecule has 3 aliphatic heterocycles. The van der Waals surface area contributed by atoms with Gasteiger partial charge < -0.3 is 51.0 Å². The van der Waals surface area contributed by atoms with E-state index in [2.05, 4.69) is 47.1 Å². The lowest BCUT2D eigenvalue weighted by atomic mass is 10.1. The molecule has 9 heterocycles. The summed E-state index contributed by atoms with van der Waals surface area (Å²) in [5, 5.41) is 7.61. The number of primary amides is 1. The van der Waals surface area contributed by atoms with Crippen molar-refractivity contribution in [3.63, 3.8) is 0 Å². The van der Waals surface area contributed by atoms with Gasteiger partial charge in [0.2, 0.25) is 5.91 Å². The lowest BCUT2D eigenvalue weighted by molar-refractivity contribution is -0.120. The van der Waals surface area contributed by atoms with Crippen molar-refractivity contribution in [1.82, 2.24) is 44.6 Å². The second-order valence-electron chi connectivity index (χ2n) is 17.7. The van der Waals surface area contributed by atoms with Crippen LogP contribution in [0.15, 0.2) is 79.8 Å². The molecule has 75 heavy (non-hydrogen) atoms. The van der Waals surface area contributed by atoms with Crippen molar-refractivity contribution in [2.75, 3.05) is 58.8 Å². The summed E-state index contributed by atoms with van der Waals surface area (Å²) in [7, 11) is 10.2. The quantitative estimate of drug-likeness (QED) is 0.0892. The molecule has 0 bridgehead atoms. The van der Waals surface area contributed by atoms with Crippen LogP contribution in [0.2, 0.25) is 15.3 Å². The molecule has 0 radical (unpaired) electrons. The number of fused-ring (bicyclic) bond motifs is 3. The van der Waals surface area contributed by atoms with Crippen LogP contribution in [0.3, 0.4) is 0 Å². The van der Waals surface area contributed by atoms with E-state index in [0.717, 1.165) is 48.3 Å². The number of ketones is 1. The van der Waals surface area contributed by atoms with Gasteiger partial charge in [0.25, 0.3) is 11.8 Å². The zero-order chi connectivity index (χ0) is 54.1. The van der Waals surface area contributed by atoms with E-state index in [1.165, 1.54) is 6.07 Å². The molecule has 0 aromatic carbocycles. The minimum absolute atomic E-state index is 0.0926.